The number of hydrogen-bond donors (Lipinski definition) is 3. The Kier molecular flexibility index (Phi) is 7.69. The van der Waals surface area contributed by atoms with Crippen LogP contribution in [0.2, 0.25) is 0 Å². The predicted octanol–water partition coefficient (Wildman–Crippen LogP) is 2.62. The zero-order valence-corrected chi connectivity index (χ0v) is 18.5. The van der Waals surface area contributed by atoms with Crippen molar-refractivity contribution >= 4 is 41.0 Å². The topological polar surface area (TPSA) is 68.3 Å². The minimum absolute atomic E-state index is 0. The van der Waals surface area contributed by atoms with E-state index in [-0.39, 0.29) is 24.0 Å². The van der Waals surface area contributed by atoms with E-state index in [9.17, 15) is 0 Å². The minimum atomic E-state index is 0. The lowest BCUT2D eigenvalue weighted by molar-refractivity contribution is 0.265. The molecule has 1 fully saturated rings. The lowest BCUT2D eigenvalue weighted by Crippen LogP contribution is -2.47. The summed E-state index contributed by atoms with van der Waals surface area (Å²) in [6.07, 6.45) is 0.841. The van der Waals surface area contributed by atoms with E-state index in [1.54, 1.807) is 0 Å². The molecule has 1 aromatic heterocycles. The van der Waals surface area contributed by atoms with Crippen molar-refractivity contribution in [2.45, 2.75) is 39.3 Å². The second kappa shape index (κ2) is 9.55. The summed E-state index contributed by atoms with van der Waals surface area (Å²) in [6.45, 7) is 9.84. The van der Waals surface area contributed by atoms with Gasteiger partial charge in [0.25, 0.3) is 0 Å². The Labute approximate surface area is 173 Å². The minimum Gasteiger partial charge on any atom is -0.356 e. The van der Waals surface area contributed by atoms with Crippen molar-refractivity contribution in [1.29, 1.82) is 0 Å². The summed E-state index contributed by atoms with van der Waals surface area (Å²) in [4.78, 5) is 14.9. The number of benzene rings is 1. The van der Waals surface area contributed by atoms with Crippen LogP contribution in [0.5, 0.6) is 0 Å². The van der Waals surface area contributed by atoms with Gasteiger partial charge >= 0.3 is 0 Å². The third kappa shape index (κ3) is 5.09. The van der Waals surface area contributed by atoms with Crippen molar-refractivity contribution in [3.63, 3.8) is 0 Å². The standard InChI is InChI=1S/C19H30N6.HI/c1-13(2)25-11-14(3)17(12-25)24-19(20-4)21-10-9-18-22-15-7-5-6-8-16(15)23-18;/h5-8,13-14,17H,9-12H2,1-4H3,(H,22,23)(H2,20,21,24);1H. The molecule has 1 saturated heterocycles. The van der Waals surface area contributed by atoms with Gasteiger partial charge in [-0.25, -0.2) is 4.98 Å². The van der Waals surface area contributed by atoms with E-state index in [2.05, 4.69) is 57.3 Å². The van der Waals surface area contributed by atoms with Crippen LogP contribution < -0.4 is 10.6 Å². The largest absolute Gasteiger partial charge is 0.356 e. The summed E-state index contributed by atoms with van der Waals surface area (Å²) >= 11 is 0. The number of nitrogens with one attached hydrogen (secondary N) is 3. The van der Waals surface area contributed by atoms with Gasteiger partial charge in [-0.3, -0.25) is 9.89 Å². The Morgan fingerprint density at radius 2 is 2.12 bits per heavy atom. The second-order valence-electron chi connectivity index (χ2n) is 7.23. The molecule has 26 heavy (non-hydrogen) atoms. The summed E-state index contributed by atoms with van der Waals surface area (Å²) in [5.74, 6) is 2.50. The first-order valence-electron chi connectivity index (χ1n) is 9.21. The molecule has 1 aliphatic heterocycles. The van der Waals surface area contributed by atoms with Crippen molar-refractivity contribution in [2.24, 2.45) is 10.9 Å². The van der Waals surface area contributed by atoms with E-state index in [4.69, 9.17) is 0 Å². The first-order valence-corrected chi connectivity index (χ1v) is 9.21. The first kappa shape index (κ1) is 21.0. The van der Waals surface area contributed by atoms with Crippen LogP contribution in [-0.4, -0.2) is 59.6 Å². The molecule has 6 nitrogen and oxygen atoms in total. The number of hydrogen-bond acceptors (Lipinski definition) is 3. The fourth-order valence-electron chi connectivity index (χ4n) is 3.41. The fraction of sp³-hybridized carbons (Fsp3) is 0.579. The van der Waals surface area contributed by atoms with Crippen LogP contribution in [0.3, 0.4) is 0 Å². The van der Waals surface area contributed by atoms with Gasteiger partial charge in [0.1, 0.15) is 5.82 Å². The van der Waals surface area contributed by atoms with E-state index < -0.39 is 0 Å². The molecular formula is C19H31IN6. The number of nitrogens with zero attached hydrogens (tertiary/aromatic N) is 3. The van der Waals surface area contributed by atoms with E-state index in [1.165, 1.54) is 0 Å². The molecule has 144 valence electrons. The molecule has 2 aromatic rings. The second-order valence-corrected chi connectivity index (χ2v) is 7.23. The van der Waals surface area contributed by atoms with Gasteiger partial charge in [-0.2, -0.15) is 0 Å². The van der Waals surface area contributed by atoms with Crippen LogP contribution in [0.15, 0.2) is 29.3 Å². The summed E-state index contributed by atoms with van der Waals surface area (Å²) < 4.78 is 0. The molecule has 0 saturated carbocycles. The number of aromatic nitrogens is 2. The number of para-hydroxylation sites is 2. The van der Waals surface area contributed by atoms with Gasteiger partial charge in [-0.15, -0.1) is 24.0 Å². The van der Waals surface area contributed by atoms with Crippen molar-refractivity contribution < 1.29 is 0 Å². The van der Waals surface area contributed by atoms with Gasteiger partial charge in [0.05, 0.1) is 11.0 Å². The molecule has 0 aliphatic carbocycles. The highest BCUT2D eigenvalue weighted by Crippen LogP contribution is 2.18. The highest BCUT2D eigenvalue weighted by molar-refractivity contribution is 14.0. The van der Waals surface area contributed by atoms with Crippen LogP contribution in [0.25, 0.3) is 11.0 Å². The van der Waals surface area contributed by atoms with Gasteiger partial charge in [-0.05, 0) is 31.9 Å². The highest BCUT2D eigenvalue weighted by atomic mass is 127. The first-order chi connectivity index (χ1) is 12.1. The van der Waals surface area contributed by atoms with E-state index in [0.717, 1.165) is 48.9 Å². The number of H-pyrrole nitrogens is 1. The normalized spacial score (nSPS) is 21.2. The third-order valence-corrected chi connectivity index (χ3v) is 5.01. The molecule has 7 heteroatoms. The molecule has 0 spiro atoms. The van der Waals surface area contributed by atoms with Gasteiger partial charge in [0.15, 0.2) is 5.96 Å². The van der Waals surface area contributed by atoms with Crippen molar-refractivity contribution in [3.05, 3.63) is 30.1 Å². The number of imidazole rings is 1. The third-order valence-electron chi connectivity index (χ3n) is 5.01. The van der Waals surface area contributed by atoms with Crippen LogP contribution in [0, 0.1) is 5.92 Å². The molecular weight excluding hydrogens is 439 g/mol. The fourth-order valence-corrected chi connectivity index (χ4v) is 3.41. The van der Waals surface area contributed by atoms with Gasteiger partial charge in [-0.1, -0.05) is 19.1 Å². The van der Waals surface area contributed by atoms with Crippen LogP contribution >= 0.6 is 24.0 Å². The molecule has 1 aliphatic rings. The maximum Gasteiger partial charge on any atom is 0.191 e. The number of likely N-dealkylation sites (tertiary alicyclic amines) is 1. The number of halogens is 1. The molecule has 0 amide bonds. The Morgan fingerprint density at radius 1 is 1.35 bits per heavy atom. The van der Waals surface area contributed by atoms with E-state index in [1.807, 2.05) is 25.2 Å². The number of guanidine groups is 1. The van der Waals surface area contributed by atoms with Crippen molar-refractivity contribution in [3.8, 4) is 0 Å². The molecule has 2 heterocycles. The monoisotopic (exact) mass is 470 g/mol. The van der Waals surface area contributed by atoms with E-state index in [0.29, 0.717) is 18.0 Å². The van der Waals surface area contributed by atoms with Crippen LogP contribution in [0.1, 0.15) is 26.6 Å². The SMILES string of the molecule is CN=C(NCCc1nc2ccccc2[nH]1)NC1CN(C(C)C)CC1C.I. The number of fused-ring (bicyclic) bond motifs is 1. The highest BCUT2D eigenvalue weighted by Gasteiger charge is 2.31. The quantitative estimate of drug-likeness (QED) is 0.357. The zero-order valence-electron chi connectivity index (χ0n) is 16.1. The van der Waals surface area contributed by atoms with Gasteiger partial charge in [0, 0.05) is 45.2 Å². The van der Waals surface area contributed by atoms with E-state index >= 15 is 0 Å². The summed E-state index contributed by atoms with van der Waals surface area (Å²) in [7, 11) is 1.83. The Hall–Kier alpha value is -1.35. The van der Waals surface area contributed by atoms with Gasteiger partial charge < -0.3 is 15.6 Å². The number of aromatic amines is 1. The molecule has 2 unspecified atom stereocenters. The summed E-state index contributed by atoms with van der Waals surface area (Å²) in [5.41, 5.74) is 2.11. The lowest BCUT2D eigenvalue weighted by atomic mass is 10.1. The molecule has 2 atom stereocenters. The molecule has 1 aromatic carbocycles. The van der Waals surface area contributed by atoms with Crippen LogP contribution in [0.4, 0.5) is 0 Å². The van der Waals surface area contributed by atoms with Crippen LogP contribution in [-0.2, 0) is 6.42 Å². The molecule has 3 rings (SSSR count). The lowest BCUT2D eigenvalue weighted by Gasteiger charge is -2.21. The molecule has 3 N–H and O–H groups in total. The summed E-state index contributed by atoms with van der Waals surface area (Å²) in [6, 6.07) is 9.17. The van der Waals surface area contributed by atoms with Gasteiger partial charge in [0.2, 0.25) is 0 Å². The smallest absolute Gasteiger partial charge is 0.191 e. The zero-order chi connectivity index (χ0) is 17.8. The van der Waals surface area contributed by atoms with Crippen molar-refractivity contribution in [2.75, 3.05) is 26.7 Å². The predicted molar refractivity (Wildman–Crippen MR) is 119 cm³/mol. The average Bonchev–Trinajstić information content (AvgIpc) is 3.17. The Balaban J connectivity index is 0.00000243. The average molecular weight is 470 g/mol. The summed E-state index contributed by atoms with van der Waals surface area (Å²) in [5, 5.41) is 6.99. The maximum absolute atomic E-state index is 4.62. The number of rotatable bonds is 5. The van der Waals surface area contributed by atoms with Crippen molar-refractivity contribution in [1.82, 2.24) is 25.5 Å². The molecule has 0 radical (unpaired) electrons. The molecule has 0 bridgehead atoms. The maximum atomic E-state index is 4.62. The number of aliphatic imine (C=N–C) groups is 1. The Bertz CT molecular complexity index is 693. The Morgan fingerprint density at radius 3 is 2.77 bits per heavy atom.